The number of nitrogens with zero attached hydrogens (tertiary/aromatic N) is 2. The van der Waals surface area contributed by atoms with Crippen LogP contribution in [0.15, 0.2) is 52.7 Å². The Balaban J connectivity index is 1.47. The zero-order valence-corrected chi connectivity index (χ0v) is 21.4. The zero-order valence-electron chi connectivity index (χ0n) is 18.2. The van der Waals surface area contributed by atoms with Gasteiger partial charge in [0, 0.05) is 23.1 Å². The van der Waals surface area contributed by atoms with E-state index < -0.39 is 34.5 Å². The first kappa shape index (κ1) is 25.8. The molecule has 1 aliphatic carbocycles. The smallest absolute Gasteiger partial charge is 0.333 e. The molecule has 0 radical (unpaired) electrons. The molecule has 1 fully saturated rings. The molecular weight excluding hydrogens is 560 g/mol. The van der Waals surface area contributed by atoms with Crippen molar-refractivity contribution in [2.24, 2.45) is 5.92 Å². The van der Waals surface area contributed by atoms with E-state index in [1.165, 1.54) is 23.9 Å². The van der Waals surface area contributed by atoms with Crippen LogP contribution in [0.5, 0.6) is 0 Å². The molecule has 4 rings (SSSR count). The average Bonchev–Trinajstić information content (AvgIpc) is 3.37. The summed E-state index contributed by atoms with van der Waals surface area (Å²) in [5, 5.41) is 25.7. The van der Waals surface area contributed by atoms with Gasteiger partial charge in [0.2, 0.25) is 5.78 Å². The van der Waals surface area contributed by atoms with Crippen molar-refractivity contribution in [3.05, 3.63) is 74.3 Å². The van der Waals surface area contributed by atoms with Crippen LogP contribution in [0.2, 0.25) is 0 Å². The van der Waals surface area contributed by atoms with Crippen molar-refractivity contribution in [3.63, 3.8) is 0 Å². The predicted octanol–water partition coefficient (Wildman–Crippen LogP) is 2.04. The highest BCUT2D eigenvalue weighted by molar-refractivity contribution is 9.10. The lowest BCUT2D eigenvalue weighted by Crippen LogP contribution is -2.37. The van der Waals surface area contributed by atoms with Gasteiger partial charge in [-0.2, -0.15) is 13.1 Å². The summed E-state index contributed by atoms with van der Waals surface area (Å²) in [5.41, 5.74) is 2.31. The van der Waals surface area contributed by atoms with Crippen molar-refractivity contribution < 1.29 is 28.0 Å². The third-order valence-electron chi connectivity index (χ3n) is 5.78. The summed E-state index contributed by atoms with van der Waals surface area (Å²) in [6, 6.07) is 9.06. The van der Waals surface area contributed by atoms with Crippen molar-refractivity contribution in [3.8, 4) is 0 Å². The summed E-state index contributed by atoms with van der Waals surface area (Å²) in [6.45, 7) is -0.249. The largest absolute Gasteiger partial charge is 0.390 e. The van der Waals surface area contributed by atoms with E-state index >= 15 is 0 Å². The molecule has 10 nitrogen and oxygen atoms in total. The molecular formula is C22H23BrN4O6S2. The lowest BCUT2D eigenvalue weighted by Gasteiger charge is -2.19. The number of benzene rings is 1. The summed E-state index contributed by atoms with van der Waals surface area (Å²) >= 11 is 4.77. The first-order chi connectivity index (χ1) is 16.6. The molecule has 0 amide bonds. The molecule has 1 saturated carbocycles. The van der Waals surface area contributed by atoms with E-state index in [1.54, 1.807) is 0 Å². The standard InChI is InChI=1S/C22H23BrN4O6S2/c23-15-3-1-2-12(5-15)4-13-6-18(34-10-13)20(29)16-9-24-11-25-22(16)27-17-7-14(19(28)21(17)30)8-26-35(31,32)33/h1-3,5-6,9-11,14,17,19,21,26,28,30H,4,7-8H2,(H,24,25,27)(H,31,32,33)/t14-,17-,19-,21+/m1/s1. The van der Waals surface area contributed by atoms with Crippen LogP contribution in [0.4, 0.5) is 5.82 Å². The SMILES string of the molecule is O=C(c1cc(Cc2cccc(Br)c2)cs1)c1cncnc1N[C@@H]1C[C@H](CNS(=O)(=O)O)[C@@H](O)[C@H]1O. The number of aliphatic hydroxyl groups excluding tert-OH is 2. The number of aliphatic hydroxyl groups is 2. The highest BCUT2D eigenvalue weighted by atomic mass is 79.9. The molecule has 2 heterocycles. The molecule has 4 atom stereocenters. The third-order valence-corrected chi connectivity index (χ3v) is 7.79. The second-order valence-corrected chi connectivity index (χ2v) is 11.4. The van der Waals surface area contributed by atoms with Gasteiger partial charge in [-0.15, -0.1) is 11.3 Å². The molecule has 1 aromatic carbocycles. The number of carbonyl (C=O) groups excluding carboxylic acids is 1. The van der Waals surface area contributed by atoms with Crippen molar-refractivity contribution in [1.82, 2.24) is 14.7 Å². The minimum absolute atomic E-state index is 0.179. The number of hydrogen-bond acceptors (Lipinski definition) is 9. The predicted molar refractivity (Wildman–Crippen MR) is 134 cm³/mol. The molecule has 0 saturated heterocycles. The Labute approximate surface area is 214 Å². The Kier molecular flexibility index (Phi) is 7.96. The van der Waals surface area contributed by atoms with Crippen LogP contribution in [0.1, 0.15) is 32.8 Å². The van der Waals surface area contributed by atoms with Crippen LogP contribution in [-0.4, -0.2) is 63.7 Å². The fourth-order valence-corrected chi connectivity index (χ4v) is 5.81. The number of hydrogen-bond donors (Lipinski definition) is 5. The monoisotopic (exact) mass is 582 g/mol. The van der Waals surface area contributed by atoms with E-state index in [9.17, 15) is 23.4 Å². The Morgan fingerprint density at radius 1 is 1.20 bits per heavy atom. The first-order valence-electron chi connectivity index (χ1n) is 10.6. The highest BCUT2D eigenvalue weighted by Gasteiger charge is 2.42. The molecule has 0 bridgehead atoms. The van der Waals surface area contributed by atoms with Gasteiger partial charge in [-0.05, 0) is 47.5 Å². The molecule has 35 heavy (non-hydrogen) atoms. The maximum absolute atomic E-state index is 13.3. The molecule has 5 N–H and O–H groups in total. The molecule has 0 spiro atoms. The molecule has 0 aliphatic heterocycles. The van der Waals surface area contributed by atoms with Gasteiger partial charge in [0.15, 0.2) is 0 Å². The lowest BCUT2D eigenvalue weighted by atomic mass is 10.1. The van der Waals surface area contributed by atoms with Crippen LogP contribution < -0.4 is 10.0 Å². The van der Waals surface area contributed by atoms with Crippen molar-refractivity contribution >= 4 is 49.2 Å². The fraction of sp³-hybridized carbons (Fsp3) is 0.318. The second kappa shape index (κ2) is 10.8. The average molecular weight is 583 g/mol. The Hall–Kier alpha value is -2.26. The van der Waals surface area contributed by atoms with E-state index in [0.717, 1.165) is 15.6 Å². The van der Waals surface area contributed by atoms with Crippen LogP contribution in [0, 0.1) is 5.92 Å². The van der Waals surface area contributed by atoms with E-state index in [2.05, 4.69) is 31.2 Å². The molecule has 2 aromatic heterocycles. The molecule has 3 aromatic rings. The van der Waals surface area contributed by atoms with E-state index in [4.69, 9.17) is 4.55 Å². The highest BCUT2D eigenvalue weighted by Crippen LogP contribution is 2.30. The molecule has 186 valence electrons. The number of ketones is 1. The van der Waals surface area contributed by atoms with Gasteiger partial charge in [-0.25, -0.2) is 9.97 Å². The number of carbonyl (C=O) groups is 1. The number of anilines is 1. The van der Waals surface area contributed by atoms with Crippen LogP contribution in [0.3, 0.4) is 0 Å². The van der Waals surface area contributed by atoms with E-state index in [1.807, 2.05) is 40.4 Å². The van der Waals surface area contributed by atoms with Crippen molar-refractivity contribution in [2.75, 3.05) is 11.9 Å². The zero-order chi connectivity index (χ0) is 25.2. The van der Waals surface area contributed by atoms with Gasteiger partial charge in [-0.3, -0.25) is 9.35 Å². The molecule has 0 unspecified atom stereocenters. The van der Waals surface area contributed by atoms with Gasteiger partial charge in [0.1, 0.15) is 18.2 Å². The van der Waals surface area contributed by atoms with E-state index in [0.29, 0.717) is 11.3 Å². The first-order valence-corrected chi connectivity index (χ1v) is 13.7. The van der Waals surface area contributed by atoms with Gasteiger partial charge in [0.05, 0.1) is 22.6 Å². The van der Waals surface area contributed by atoms with Gasteiger partial charge >= 0.3 is 10.3 Å². The van der Waals surface area contributed by atoms with Crippen molar-refractivity contribution in [1.29, 1.82) is 0 Å². The van der Waals surface area contributed by atoms with Crippen LogP contribution in [-0.2, 0) is 16.7 Å². The summed E-state index contributed by atoms with van der Waals surface area (Å²) in [4.78, 5) is 21.9. The van der Waals surface area contributed by atoms with Gasteiger partial charge < -0.3 is 15.5 Å². The maximum Gasteiger partial charge on any atom is 0.333 e. The minimum Gasteiger partial charge on any atom is -0.390 e. The van der Waals surface area contributed by atoms with Crippen molar-refractivity contribution in [2.45, 2.75) is 31.1 Å². The summed E-state index contributed by atoms with van der Waals surface area (Å²) in [7, 11) is -4.43. The normalized spacial score (nSPS) is 22.3. The maximum atomic E-state index is 13.3. The van der Waals surface area contributed by atoms with Gasteiger partial charge in [0.25, 0.3) is 0 Å². The fourth-order valence-electron chi connectivity index (χ4n) is 4.07. The minimum atomic E-state index is -4.43. The molecule has 1 aliphatic rings. The number of halogens is 1. The number of aromatic nitrogens is 2. The van der Waals surface area contributed by atoms with Gasteiger partial charge in [-0.1, -0.05) is 28.1 Å². The second-order valence-electron chi connectivity index (χ2n) is 8.29. The Morgan fingerprint density at radius 3 is 2.74 bits per heavy atom. The van der Waals surface area contributed by atoms with Crippen LogP contribution >= 0.6 is 27.3 Å². The summed E-state index contributed by atoms with van der Waals surface area (Å²) in [6.07, 6.45) is 1.03. The number of rotatable bonds is 9. The number of thiophene rings is 1. The van der Waals surface area contributed by atoms with E-state index in [-0.39, 0.29) is 30.1 Å². The summed E-state index contributed by atoms with van der Waals surface area (Å²) < 4.78 is 33.7. The summed E-state index contributed by atoms with van der Waals surface area (Å²) in [5.74, 6) is -0.730. The topological polar surface area (TPSA) is 162 Å². The van der Waals surface area contributed by atoms with Crippen LogP contribution in [0.25, 0.3) is 0 Å². The molecule has 13 heteroatoms. The lowest BCUT2D eigenvalue weighted by molar-refractivity contribution is 0.0184. The Bertz CT molecular complexity index is 1320. The quantitative estimate of drug-likeness (QED) is 0.188. The Morgan fingerprint density at radius 2 is 2.00 bits per heavy atom. The third kappa shape index (κ3) is 6.50. The number of nitrogens with one attached hydrogen (secondary N) is 2.